The summed E-state index contributed by atoms with van der Waals surface area (Å²) in [6, 6.07) is 26.6. The van der Waals surface area contributed by atoms with E-state index in [1.165, 1.54) is 0 Å². The molecule has 172 valence electrons. The van der Waals surface area contributed by atoms with Gasteiger partial charge in [-0.15, -0.1) is 0 Å². The van der Waals surface area contributed by atoms with Crippen molar-refractivity contribution in [3.63, 3.8) is 0 Å². The summed E-state index contributed by atoms with van der Waals surface area (Å²) in [5.41, 5.74) is 3.54. The van der Waals surface area contributed by atoms with E-state index in [9.17, 15) is 9.59 Å². The summed E-state index contributed by atoms with van der Waals surface area (Å²) in [5, 5.41) is 7.31. The maximum atomic E-state index is 13.0. The molecule has 0 aliphatic carbocycles. The van der Waals surface area contributed by atoms with E-state index in [2.05, 4.69) is 10.4 Å². The quantitative estimate of drug-likeness (QED) is 0.385. The fourth-order valence-electron chi connectivity index (χ4n) is 3.46. The third-order valence-electron chi connectivity index (χ3n) is 5.17. The first-order valence-corrected chi connectivity index (χ1v) is 10.9. The largest absolute Gasteiger partial charge is 0.497 e. The monoisotopic (exact) mass is 455 g/mol. The molecule has 0 aliphatic heterocycles. The molecule has 1 N–H and O–H groups in total. The van der Waals surface area contributed by atoms with E-state index < -0.39 is 11.9 Å². The van der Waals surface area contributed by atoms with E-state index in [4.69, 9.17) is 9.47 Å². The standard InChI is InChI=1S/C27H25N3O4/c1-33-23-14-8-13-22(15-23)26-24(18-30(29-26)17-20-9-4-2-5-10-20)27(32)28-16-25(31)34-19-21-11-6-3-7-12-21/h2-15,18H,16-17,19H2,1H3,(H,28,32). The second-order valence-corrected chi connectivity index (χ2v) is 7.64. The van der Waals surface area contributed by atoms with Gasteiger partial charge in [-0.25, -0.2) is 0 Å². The lowest BCUT2D eigenvalue weighted by Crippen LogP contribution is -2.30. The lowest BCUT2D eigenvalue weighted by atomic mass is 10.1. The third-order valence-corrected chi connectivity index (χ3v) is 5.17. The van der Waals surface area contributed by atoms with Crippen LogP contribution in [0, 0.1) is 0 Å². The van der Waals surface area contributed by atoms with E-state index in [0.717, 1.165) is 16.7 Å². The Morgan fingerprint density at radius 1 is 0.912 bits per heavy atom. The minimum absolute atomic E-state index is 0.152. The average molecular weight is 456 g/mol. The zero-order valence-corrected chi connectivity index (χ0v) is 18.8. The molecule has 0 fully saturated rings. The summed E-state index contributed by atoms with van der Waals surface area (Å²) < 4.78 is 12.3. The molecule has 3 aromatic carbocycles. The number of rotatable bonds is 9. The number of nitrogens with zero attached hydrogens (tertiary/aromatic N) is 2. The van der Waals surface area contributed by atoms with Gasteiger partial charge in [0.2, 0.25) is 0 Å². The van der Waals surface area contributed by atoms with Crippen LogP contribution >= 0.6 is 0 Å². The molecule has 0 atom stereocenters. The van der Waals surface area contributed by atoms with Crippen molar-refractivity contribution < 1.29 is 19.1 Å². The number of carbonyl (C=O) groups is 2. The molecule has 4 rings (SSSR count). The number of ether oxygens (including phenoxy) is 2. The number of carbonyl (C=O) groups excluding carboxylic acids is 2. The van der Waals surface area contributed by atoms with Crippen LogP contribution in [0.2, 0.25) is 0 Å². The van der Waals surface area contributed by atoms with Gasteiger partial charge in [0, 0.05) is 11.8 Å². The molecule has 1 amide bonds. The Balaban J connectivity index is 1.50. The SMILES string of the molecule is COc1cccc(-c2nn(Cc3ccccc3)cc2C(=O)NCC(=O)OCc2ccccc2)c1. The van der Waals surface area contributed by atoms with Gasteiger partial charge in [-0.3, -0.25) is 14.3 Å². The van der Waals surface area contributed by atoms with Crippen LogP contribution < -0.4 is 10.1 Å². The topological polar surface area (TPSA) is 82.5 Å². The molecule has 0 radical (unpaired) electrons. The number of amides is 1. The molecule has 7 heteroatoms. The minimum atomic E-state index is -0.517. The van der Waals surface area contributed by atoms with Crippen molar-refractivity contribution in [1.82, 2.24) is 15.1 Å². The van der Waals surface area contributed by atoms with Crippen LogP contribution in [0.4, 0.5) is 0 Å². The Bertz CT molecular complexity index is 1250. The summed E-state index contributed by atoms with van der Waals surface area (Å²) in [5.74, 6) is -0.267. The van der Waals surface area contributed by atoms with Gasteiger partial charge in [0.05, 0.1) is 19.2 Å². The van der Waals surface area contributed by atoms with Crippen LogP contribution in [-0.4, -0.2) is 35.3 Å². The molecule has 0 unspecified atom stereocenters. The molecule has 1 heterocycles. The number of methoxy groups -OCH3 is 1. The van der Waals surface area contributed by atoms with Gasteiger partial charge in [-0.05, 0) is 23.3 Å². The number of nitrogens with one attached hydrogen (secondary N) is 1. The molecule has 0 aliphatic rings. The van der Waals surface area contributed by atoms with Gasteiger partial charge in [0.15, 0.2) is 0 Å². The van der Waals surface area contributed by atoms with Crippen molar-refractivity contribution in [3.8, 4) is 17.0 Å². The first-order chi connectivity index (χ1) is 16.6. The Hall–Kier alpha value is -4.39. The number of benzene rings is 3. The van der Waals surface area contributed by atoms with Crippen LogP contribution in [0.15, 0.2) is 91.1 Å². The van der Waals surface area contributed by atoms with Crippen molar-refractivity contribution in [2.45, 2.75) is 13.2 Å². The summed E-state index contributed by atoms with van der Waals surface area (Å²) in [4.78, 5) is 25.2. The molecule has 1 aromatic heterocycles. The van der Waals surface area contributed by atoms with Crippen molar-refractivity contribution in [3.05, 3.63) is 108 Å². The van der Waals surface area contributed by atoms with Gasteiger partial charge < -0.3 is 14.8 Å². The van der Waals surface area contributed by atoms with Gasteiger partial charge >= 0.3 is 5.97 Å². The number of hydrogen-bond donors (Lipinski definition) is 1. The highest BCUT2D eigenvalue weighted by Crippen LogP contribution is 2.26. The van der Waals surface area contributed by atoms with Crippen molar-refractivity contribution in [2.24, 2.45) is 0 Å². The van der Waals surface area contributed by atoms with Crippen LogP contribution in [0.1, 0.15) is 21.5 Å². The number of esters is 1. The summed E-state index contributed by atoms with van der Waals surface area (Å²) >= 11 is 0. The lowest BCUT2D eigenvalue weighted by Gasteiger charge is -2.07. The molecule has 0 saturated heterocycles. The molecule has 0 spiro atoms. The highest BCUT2D eigenvalue weighted by molar-refractivity contribution is 6.01. The maximum absolute atomic E-state index is 13.0. The van der Waals surface area contributed by atoms with E-state index in [-0.39, 0.29) is 13.2 Å². The zero-order valence-electron chi connectivity index (χ0n) is 18.8. The van der Waals surface area contributed by atoms with Gasteiger partial charge in [0.25, 0.3) is 5.91 Å². The second-order valence-electron chi connectivity index (χ2n) is 7.64. The van der Waals surface area contributed by atoms with Crippen LogP contribution in [0.5, 0.6) is 5.75 Å². The third kappa shape index (κ3) is 5.89. The van der Waals surface area contributed by atoms with Crippen LogP contribution in [0.25, 0.3) is 11.3 Å². The molecule has 0 bridgehead atoms. The average Bonchev–Trinajstić information content (AvgIpc) is 3.31. The van der Waals surface area contributed by atoms with Crippen molar-refractivity contribution in [2.75, 3.05) is 13.7 Å². The zero-order chi connectivity index (χ0) is 23.8. The second kappa shape index (κ2) is 11.0. The predicted molar refractivity (Wildman–Crippen MR) is 128 cm³/mol. The Morgan fingerprint density at radius 2 is 1.62 bits per heavy atom. The summed E-state index contributed by atoms with van der Waals surface area (Å²) in [6.45, 7) is 0.414. The first-order valence-electron chi connectivity index (χ1n) is 10.9. The smallest absolute Gasteiger partial charge is 0.325 e. The van der Waals surface area contributed by atoms with Gasteiger partial charge in [-0.1, -0.05) is 72.8 Å². The predicted octanol–water partition coefficient (Wildman–Crippen LogP) is 4.08. The first kappa shape index (κ1) is 22.8. The van der Waals surface area contributed by atoms with E-state index >= 15 is 0 Å². The minimum Gasteiger partial charge on any atom is -0.497 e. The van der Waals surface area contributed by atoms with E-state index in [1.807, 2.05) is 84.9 Å². The Labute approximate surface area is 197 Å². The Kier molecular flexibility index (Phi) is 7.35. The van der Waals surface area contributed by atoms with E-state index in [0.29, 0.717) is 23.6 Å². The van der Waals surface area contributed by atoms with Gasteiger partial charge in [-0.2, -0.15) is 5.10 Å². The number of aromatic nitrogens is 2. The lowest BCUT2D eigenvalue weighted by molar-refractivity contribution is -0.143. The highest BCUT2D eigenvalue weighted by Gasteiger charge is 2.19. The highest BCUT2D eigenvalue weighted by atomic mass is 16.5. The van der Waals surface area contributed by atoms with Crippen molar-refractivity contribution in [1.29, 1.82) is 0 Å². The normalized spacial score (nSPS) is 10.5. The molecular weight excluding hydrogens is 430 g/mol. The number of hydrogen-bond acceptors (Lipinski definition) is 5. The van der Waals surface area contributed by atoms with Crippen LogP contribution in [-0.2, 0) is 22.7 Å². The molecule has 34 heavy (non-hydrogen) atoms. The van der Waals surface area contributed by atoms with E-state index in [1.54, 1.807) is 18.0 Å². The maximum Gasteiger partial charge on any atom is 0.325 e. The summed E-state index contributed by atoms with van der Waals surface area (Å²) in [7, 11) is 1.59. The molecular formula is C27H25N3O4. The molecule has 7 nitrogen and oxygen atoms in total. The fourth-order valence-corrected chi connectivity index (χ4v) is 3.46. The molecule has 0 saturated carbocycles. The fraction of sp³-hybridized carbons (Fsp3) is 0.148. The molecule has 4 aromatic rings. The van der Waals surface area contributed by atoms with Crippen molar-refractivity contribution >= 4 is 11.9 Å². The van der Waals surface area contributed by atoms with Gasteiger partial charge in [0.1, 0.15) is 24.6 Å². The summed E-state index contributed by atoms with van der Waals surface area (Å²) in [6.07, 6.45) is 1.69. The van der Waals surface area contributed by atoms with Crippen LogP contribution in [0.3, 0.4) is 0 Å². The Morgan fingerprint density at radius 3 is 2.32 bits per heavy atom.